The van der Waals surface area contributed by atoms with Gasteiger partial charge in [0.1, 0.15) is 5.75 Å². The van der Waals surface area contributed by atoms with E-state index >= 15 is 0 Å². The second kappa shape index (κ2) is 11.1. The number of rotatable bonds is 10. The Kier molecular flexibility index (Phi) is 8.19. The smallest absolute Gasteiger partial charge is 0.266 e. The molecule has 2 N–H and O–H groups in total. The Hall–Kier alpha value is -3.50. The van der Waals surface area contributed by atoms with Crippen LogP contribution in [0.25, 0.3) is 11.3 Å². The van der Waals surface area contributed by atoms with Crippen LogP contribution in [0, 0.1) is 5.92 Å². The number of ether oxygens (including phenoxy) is 1. The van der Waals surface area contributed by atoms with Crippen molar-refractivity contribution in [1.29, 1.82) is 0 Å². The first-order chi connectivity index (χ1) is 16.2. The summed E-state index contributed by atoms with van der Waals surface area (Å²) < 4.78 is 34.3. The summed E-state index contributed by atoms with van der Waals surface area (Å²) in [6, 6.07) is 16.2. The number of amides is 1. The standard InChI is InChI=1S/C24H28N4O5S/c1-4-33-20-9-5-18(6-10-20)22-13-14-23(29)28(27-22)16-15-25-34(31,32)21-11-7-19(8-12-21)26-24(30)17(2)3/h5-14,17,25H,4,15-16H2,1-3H3,(H,26,30). The molecule has 0 saturated heterocycles. The molecule has 0 radical (unpaired) electrons. The molecule has 0 aliphatic heterocycles. The molecule has 0 fully saturated rings. The van der Waals surface area contributed by atoms with E-state index in [1.165, 1.54) is 35.0 Å². The first-order valence-electron chi connectivity index (χ1n) is 10.9. The Morgan fingerprint density at radius 1 is 1.03 bits per heavy atom. The van der Waals surface area contributed by atoms with E-state index in [1.54, 1.807) is 19.9 Å². The molecular formula is C24H28N4O5S. The Morgan fingerprint density at radius 2 is 1.71 bits per heavy atom. The molecule has 0 saturated carbocycles. The van der Waals surface area contributed by atoms with Gasteiger partial charge in [-0.05, 0) is 61.5 Å². The summed E-state index contributed by atoms with van der Waals surface area (Å²) in [7, 11) is -3.80. The van der Waals surface area contributed by atoms with Crippen LogP contribution in [0.5, 0.6) is 5.75 Å². The monoisotopic (exact) mass is 484 g/mol. The molecule has 1 heterocycles. The van der Waals surface area contributed by atoms with E-state index in [2.05, 4.69) is 15.1 Å². The van der Waals surface area contributed by atoms with Gasteiger partial charge in [-0.2, -0.15) is 5.10 Å². The van der Waals surface area contributed by atoms with E-state index in [0.29, 0.717) is 18.0 Å². The summed E-state index contributed by atoms with van der Waals surface area (Å²) >= 11 is 0. The van der Waals surface area contributed by atoms with E-state index in [-0.39, 0.29) is 35.4 Å². The van der Waals surface area contributed by atoms with Crippen molar-refractivity contribution >= 4 is 21.6 Å². The highest BCUT2D eigenvalue weighted by Crippen LogP contribution is 2.20. The molecule has 180 valence electrons. The van der Waals surface area contributed by atoms with Crippen molar-refractivity contribution in [2.75, 3.05) is 18.5 Å². The average Bonchev–Trinajstić information content (AvgIpc) is 2.81. The van der Waals surface area contributed by atoms with Gasteiger partial charge in [-0.1, -0.05) is 13.8 Å². The van der Waals surface area contributed by atoms with Gasteiger partial charge in [0.2, 0.25) is 15.9 Å². The number of sulfonamides is 1. The van der Waals surface area contributed by atoms with E-state index in [4.69, 9.17) is 4.74 Å². The molecule has 0 aliphatic carbocycles. The molecule has 0 unspecified atom stereocenters. The maximum Gasteiger partial charge on any atom is 0.266 e. The molecule has 3 aromatic rings. The lowest BCUT2D eigenvalue weighted by Crippen LogP contribution is -2.32. The van der Waals surface area contributed by atoms with Gasteiger partial charge in [0, 0.05) is 29.8 Å². The van der Waals surface area contributed by atoms with Gasteiger partial charge in [-0.3, -0.25) is 9.59 Å². The first-order valence-corrected chi connectivity index (χ1v) is 12.4. The Labute approximate surface area is 198 Å². The van der Waals surface area contributed by atoms with Crippen LogP contribution in [-0.4, -0.2) is 37.3 Å². The number of hydrogen-bond acceptors (Lipinski definition) is 6. The molecule has 0 atom stereocenters. The Bertz CT molecular complexity index is 1280. The topological polar surface area (TPSA) is 119 Å². The SMILES string of the molecule is CCOc1ccc(-c2ccc(=O)n(CCNS(=O)(=O)c3ccc(NC(=O)C(C)C)cc3)n2)cc1. The van der Waals surface area contributed by atoms with Gasteiger partial charge in [0.15, 0.2) is 0 Å². The Balaban J connectivity index is 1.64. The summed E-state index contributed by atoms with van der Waals surface area (Å²) in [5.41, 5.74) is 1.57. The van der Waals surface area contributed by atoms with Gasteiger partial charge in [-0.25, -0.2) is 17.8 Å². The number of hydrogen-bond donors (Lipinski definition) is 2. The number of carbonyl (C=O) groups excluding carboxylic acids is 1. The second-order valence-electron chi connectivity index (χ2n) is 7.80. The fraction of sp³-hybridized carbons (Fsp3) is 0.292. The lowest BCUT2D eigenvalue weighted by Gasteiger charge is -2.11. The molecular weight excluding hydrogens is 456 g/mol. The van der Waals surface area contributed by atoms with E-state index in [1.807, 2.05) is 31.2 Å². The van der Waals surface area contributed by atoms with Crippen LogP contribution in [0.2, 0.25) is 0 Å². The highest BCUT2D eigenvalue weighted by molar-refractivity contribution is 7.89. The molecule has 3 rings (SSSR count). The molecule has 9 nitrogen and oxygen atoms in total. The minimum Gasteiger partial charge on any atom is -0.494 e. The van der Waals surface area contributed by atoms with Crippen LogP contribution in [0.1, 0.15) is 20.8 Å². The minimum atomic E-state index is -3.80. The molecule has 1 amide bonds. The van der Waals surface area contributed by atoms with Crippen molar-refractivity contribution < 1.29 is 17.9 Å². The van der Waals surface area contributed by atoms with Crippen molar-refractivity contribution in [3.05, 3.63) is 71.0 Å². The third kappa shape index (κ3) is 6.52. The van der Waals surface area contributed by atoms with Crippen molar-refractivity contribution in [2.24, 2.45) is 5.92 Å². The van der Waals surface area contributed by atoms with Crippen LogP contribution in [0.4, 0.5) is 5.69 Å². The van der Waals surface area contributed by atoms with Crippen molar-refractivity contribution in [2.45, 2.75) is 32.2 Å². The van der Waals surface area contributed by atoms with Gasteiger partial charge in [-0.15, -0.1) is 0 Å². The summed E-state index contributed by atoms with van der Waals surface area (Å²) in [6.45, 7) is 6.05. The normalized spacial score (nSPS) is 11.4. The predicted octanol–water partition coefficient (Wildman–Crippen LogP) is 2.88. The van der Waals surface area contributed by atoms with Gasteiger partial charge in [0.05, 0.1) is 23.7 Å². The molecule has 0 aliphatic rings. The van der Waals surface area contributed by atoms with Crippen molar-refractivity contribution in [1.82, 2.24) is 14.5 Å². The van der Waals surface area contributed by atoms with Crippen LogP contribution >= 0.6 is 0 Å². The van der Waals surface area contributed by atoms with E-state index in [0.717, 1.165) is 11.3 Å². The summed E-state index contributed by atoms with van der Waals surface area (Å²) in [5.74, 6) is 0.401. The van der Waals surface area contributed by atoms with Gasteiger partial charge < -0.3 is 10.1 Å². The number of nitrogens with zero attached hydrogens (tertiary/aromatic N) is 2. The number of carbonyl (C=O) groups is 1. The lowest BCUT2D eigenvalue weighted by molar-refractivity contribution is -0.118. The molecule has 34 heavy (non-hydrogen) atoms. The summed E-state index contributed by atoms with van der Waals surface area (Å²) in [4.78, 5) is 24.0. The van der Waals surface area contributed by atoms with Crippen molar-refractivity contribution in [3.8, 4) is 17.0 Å². The quantitative estimate of drug-likeness (QED) is 0.457. The zero-order chi connectivity index (χ0) is 24.7. The fourth-order valence-electron chi connectivity index (χ4n) is 3.02. The zero-order valence-corrected chi connectivity index (χ0v) is 20.1. The molecule has 0 spiro atoms. The molecule has 0 bridgehead atoms. The summed E-state index contributed by atoms with van der Waals surface area (Å²) in [6.07, 6.45) is 0. The van der Waals surface area contributed by atoms with Crippen molar-refractivity contribution in [3.63, 3.8) is 0 Å². The third-order valence-electron chi connectivity index (χ3n) is 4.90. The maximum atomic E-state index is 12.6. The third-order valence-corrected chi connectivity index (χ3v) is 6.38. The second-order valence-corrected chi connectivity index (χ2v) is 9.57. The highest BCUT2D eigenvalue weighted by Gasteiger charge is 2.15. The van der Waals surface area contributed by atoms with Crippen LogP contribution in [-0.2, 0) is 21.4 Å². The van der Waals surface area contributed by atoms with E-state index < -0.39 is 10.0 Å². The average molecular weight is 485 g/mol. The fourth-order valence-corrected chi connectivity index (χ4v) is 4.05. The highest BCUT2D eigenvalue weighted by atomic mass is 32.2. The van der Waals surface area contributed by atoms with Crippen LogP contribution < -0.4 is 20.3 Å². The molecule has 10 heteroatoms. The number of aromatic nitrogens is 2. The maximum absolute atomic E-state index is 12.6. The molecule has 2 aromatic carbocycles. The summed E-state index contributed by atoms with van der Waals surface area (Å²) in [5, 5.41) is 7.06. The zero-order valence-electron chi connectivity index (χ0n) is 19.3. The first kappa shape index (κ1) is 25.1. The number of anilines is 1. The number of benzene rings is 2. The predicted molar refractivity (Wildman–Crippen MR) is 130 cm³/mol. The number of nitrogens with one attached hydrogen (secondary N) is 2. The van der Waals surface area contributed by atoms with Crippen LogP contribution in [0.15, 0.2) is 70.4 Å². The minimum absolute atomic E-state index is 0.0200. The molecule has 1 aromatic heterocycles. The lowest BCUT2D eigenvalue weighted by atomic mass is 10.1. The Morgan fingerprint density at radius 3 is 2.32 bits per heavy atom. The van der Waals surface area contributed by atoms with E-state index in [9.17, 15) is 18.0 Å². The van der Waals surface area contributed by atoms with Crippen LogP contribution in [0.3, 0.4) is 0 Å². The van der Waals surface area contributed by atoms with Gasteiger partial charge >= 0.3 is 0 Å². The largest absolute Gasteiger partial charge is 0.494 e. The van der Waals surface area contributed by atoms with Gasteiger partial charge in [0.25, 0.3) is 5.56 Å².